The maximum atomic E-state index is 13.1. The number of benzene rings is 2. The third-order valence-corrected chi connectivity index (χ3v) is 8.23. The minimum absolute atomic E-state index is 0. The fraction of sp³-hybridized carbons (Fsp3) is 0.552. The SMILES string of the molecule is CCCCC(CC)COc1ccc(PC(=O)c2c(Cl)cccc2Cl)c(OCC(CC)CCCC)c1.[Li+]. The molecule has 0 heterocycles. The predicted molar refractivity (Wildman–Crippen MR) is 153 cm³/mol. The second-order valence-corrected chi connectivity index (χ2v) is 11.2. The quantitative estimate of drug-likeness (QED) is 0.172. The van der Waals surface area contributed by atoms with E-state index in [2.05, 4.69) is 27.7 Å². The summed E-state index contributed by atoms with van der Waals surface area (Å²) in [5.41, 5.74) is 0.277. The van der Waals surface area contributed by atoms with E-state index in [0.29, 0.717) is 46.4 Å². The molecule has 0 amide bonds. The number of ether oxygens (including phenoxy) is 2. The Balaban J connectivity index is 0.00000648. The molecule has 0 bridgehead atoms. The Kier molecular flexibility index (Phi) is 17.2. The summed E-state index contributed by atoms with van der Waals surface area (Å²) >= 11 is 12.6. The minimum Gasteiger partial charge on any atom is -0.493 e. The number of hydrogen-bond acceptors (Lipinski definition) is 3. The van der Waals surface area contributed by atoms with Crippen LogP contribution in [0.4, 0.5) is 0 Å². The van der Waals surface area contributed by atoms with E-state index >= 15 is 0 Å². The molecular formula is C29H41Cl2LiO3P+. The summed E-state index contributed by atoms with van der Waals surface area (Å²) in [6.45, 7) is 10.2. The molecule has 0 saturated carbocycles. The van der Waals surface area contributed by atoms with Crippen LogP contribution in [-0.4, -0.2) is 18.7 Å². The van der Waals surface area contributed by atoms with Crippen molar-refractivity contribution in [2.24, 2.45) is 11.8 Å². The van der Waals surface area contributed by atoms with Crippen molar-refractivity contribution >= 4 is 42.6 Å². The van der Waals surface area contributed by atoms with Crippen molar-refractivity contribution in [1.29, 1.82) is 0 Å². The van der Waals surface area contributed by atoms with Crippen LogP contribution in [0.5, 0.6) is 11.5 Å². The first-order valence-electron chi connectivity index (χ1n) is 13.1. The topological polar surface area (TPSA) is 35.5 Å². The van der Waals surface area contributed by atoms with Gasteiger partial charge in [0.1, 0.15) is 11.5 Å². The number of carbonyl (C=O) groups is 1. The van der Waals surface area contributed by atoms with Crippen molar-refractivity contribution in [3.8, 4) is 11.5 Å². The number of carbonyl (C=O) groups excluding carboxylic acids is 1. The maximum Gasteiger partial charge on any atom is 1.00 e. The van der Waals surface area contributed by atoms with Crippen molar-refractivity contribution in [1.82, 2.24) is 0 Å². The van der Waals surface area contributed by atoms with Gasteiger partial charge in [-0.3, -0.25) is 4.79 Å². The molecule has 2 rings (SSSR count). The minimum atomic E-state index is -0.142. The van der Waals surface area contributed by atoms with Crippen molar-refractivity contribution in [3.63, 3.8) is 0 Å². The van der Waals surface area contributed by atoms with Crippen LogP contribution >= 0.6 is 31.8 Å². The molecule has 3 atom stereocenters. The molecule has 36 heavy (non-hydrogen) atoms. The molecule has 0 aliphatic heterocycles. The summed E-state index contributed by atoms with van der Waals surface area (Å²) in [7, 11) is -0.142. The van der Waals surface area contributed by atoms with E-state index in [1.165, 1.54) is 32.1 Å². The monoisotopic (exact) mass is 545 g/mol. The zero-order valence-corrected chi connectivity index (χ0v) is 25.2. The molecule has 0 spiro atoms. The molecule has 0 fully saturated rings. The number of unbranched alkanes of at least 4 members (excludes halogenated alkanes) is 2. The van der Waals surface area contributed by atoms with Gasteiger partial charge in [-0.25, -0.2) is 0 Å². The predicted octanol–water partition coefficient (Wildman–Crippen LogP) is 6.33. The summed E-state index contributed by atoms with van der Waals surface area (Å²) < 4.78 is 12.5. The maximum absolute atomic E-state index is 13.1. The van der Waals surface area contributed by atoms with Gasteiger partial charge in [0, 0.05) is 11.4 Å². The van der Waals surface area contributed by atoms with Gasteiger partial charge in [0.05, 0.1) is 28.8 Å². The van der Waals surface area contributed by atoms with Gasteiger partial charge in [-0.1, -0.05) is 95.5 Å². The molecule has 3 unspecified atom stereocenters. The van der Waals surface area contributed by atoms with Crippen LogP contribution in [0.3, 0.4) is 0 Å². The van der Waals surface area contributed by atoms with E-state index in [1.54, 1.807) is 18.2 Å². The molecule has 2 aromatic rings. The van der Waals surface area contributed by atoms with Gasteiger partial charge < -0.3 is 9.47 Å². The van der Waals surface area contributed by atoms with Gasteiger partial charge in [-0.2, -0.15) is 0 Å². The average molecular weight is 546 g/mol. The third-order valence-electron chi connectivity index (χ3n) is 6.44. The number of halogens is 2. The van der Waals surface area contributed by atoms with Crippen molar-refractivity contribution in [3.05, 3.63) is 52.0 Å². The third kappa shape index (κ3) is 11.0. The molecule has 2 aromatic carbocycles. The Morgan fingerprint density at radius 3 is 1.94 bits per heavy atom. The molecule has 7 heteroatoms. The fourth-order valence-corrected chi connectivity index (χ4v) is 5.73. The van der Waals surface area contributed by atoms with Gasteiger partial charge in [0.25, 0.3) is 0 Å². The van der Waals surface area contributed by atoms with Crippen molar-refractivity contribution in [2.75, 3.05) is 13.2 Å². The zero-order valence-electron chi connectivity index (χ0n) is 22.7. The first kappa shape index (κ1) is 33.3. The van der Waals surface area contributed by atoms with Crippen LogP contribution < -0.4 is 33.6 Å². The number of hydrogen-bond donors (Lipinski definition) is 0. The fourth-order valence-electron chi connectivity index (χ4n) is 3.93. The second-order valence-electron chi connectivity index (χ2n) is 9.16. The molecule has 0 radical (unpaired) electrons. The van der Waals surface area contributed by atoms with Gasteiger partial charge in [0.2, 0.25) is 0 Å². The summed E-state index contributed by atoms with van der Waals surface area (Å²) in [5, 5.41) is 1.60. The van der Waals surface area contributed by atoms with Crippen LogP contribution in [0.2, 0.25) is 10.0 Å². The molecule has 0 N–H and O–H groups in total. The first-order valence-corrected chi connectivity index (χ1v) is 14.8. The van der Waals surface area contributed by atoms with Gasteiger partial charge in [-0.15, -0.1) is 0 Å². The average Bonchev–Trinajstić information content (AvgIpc) is 2.85. The largest absolute Gasteiger partial charge is 1.00 e. The molecule has 0 aromatic heterocycles. The van der Waals surface area contributed by atoms with Crippen LogP contribution in [-0.2, 0) is 0 Å². The van der Waals surface area contributed by atoms with Crippen LogP contribution in [0.15, 0.2) is 36.4 Å². The molecule has 0 aliphatic carbocycles. The Bertz CT molecular complexity index is 905. The van der Waals surface area contributed by atoms with Crippen LogP contribution in [0, 0.1) is 11.8 Å². The number of rotatable bonds is 17. The smallest absolute Gasteiger partial charge is 0.493 e. The standard InChI is InChI=1S/C29H41Cl2O3P.Li/c1-5-9-12-21(7-3)19-33-23-16-17-27(26(18-23)34-20-22(8-4)13-10-6-2)35-29(32)28-24(30)14-11-15-25(28)31;/h11,14-18,21-22,35H,5-10,12-13,19-20H2,1-4H3;/q;+1. The van der Waals surface area contributed by atoms with Gasteiger partial charge >= 0.3 is 18.9 Å². The molecule has 0 saturated heterocycles. The van der Waals surface area contributed by atoms with E-state index in [9.17, 15) is 4.79 Å². The molecule has 194 valence electrons. The molecule has 3 nitrogen and oxygen atoms in total. The van der Waals surface area contributed by atoms with E-state index in [4.69, 9.17) is 32.7 Å². The van der Waals surface area contributed by atoms with Crippen LogP contribution in [0.25, 0.3) is 0 Å². The van der Waals surface area contributed by atoms with E-state index in [1.807, 2.05) is 18.2 Å². The Hall–Kier alpha value is -0.683. The first-order chi connectivity index (χ1) is 16.9. The van der Waals surface area contributed by atoms with E-state index in [-0.39, 0.29) is 33.0 Å². The summed E-state index contributed by atoms with van der Waals surface area (Å²) in [5.74, 6) is 2.54. The normalized spacial score (nSPS) is 12.8. The second kappa shape index (κ2) is 18.5. The van der Waals surface area contributed by atoms with Crippen molar-refractivity contribution < 1.29 is 33.1 Å². The summed E-state index contributed by atoms with van der Waals surface area (Å²) in [6.07, 6.45) is 9.28. The summed E-state index contributed by atoms with van der Waals surface area (Å²) in [6, 6.07) is 11.0. The Morgan fingerprint density at radius 2 is 1.42 bits per heavy atom. The Labute approximate surface area is 242 Å². The molecular weight excluding hydrogens is 505 g/mol. The van der Waals surface area contributed by atoms with Gasteiger partial charge in [0.15, 0.2) is 5.52 Å². The van der Waals surface area contributed by atoms with E-state index < -0.39 is 0 Å². The Morgan fingerprint density at radius 1 is 0.861 bits per heavy atom. The summed E-state index contributed by atoms with van der Waals surface area (Å²) in [4.78, 5) is 13.1. The molecule has 0 aliphatic rings. The van der Waals surface area contributed by atoms with Crippen molar-refractivity contribution in [2.45, 2.75) is 79.1 Å². The van der Waals surface area contributed by atoms with Crippen LogP contribution in [0.1, 0.15) is 89.4 Å². The zero-order chi connectivity index (χ0) is 25.6. The van der Waals surface area contributed by atoms with E-state index in [0.717, 1.165) is 30.3 Å². The van der Waals surface area contributed by atoms with Gasteiger partial charge in [-0.05, 0) is 57.5 Å².